The lowest BCUT2D eigenvalue weighted by molar-refractivity contribution is 0.0992. The van der Waals surface area contributed by atoms with Gasteiger partial charge in [-0.2, -0.15) is 5.10 Å². The molecule has 0 atom stereocenters. The molecule has 2 aromatic carbocycles. The highest BCUT2D eigenvalue weighted by Crippen LogP contribution is 2.32. The average molecular weight is 478 g/mol. The predicted molar refractivity (Wildman–Crippen MR) is 134 cm³/mol. The fourth-order valence-corrected chi connectivity index (χ4v) is 3.72. The van der Waals surface area contributed by atoms with Crippen LogP contribution >= 0.6 is 11.6 Å². The Bertz CT molecular complexity index is 1290. The summed E-state index contributed by atoms with van der Waals surface area (Å²) in [5.41, 5.74) is 4.33. The molecule has 7 heteroatoms. The molecule has 2 heterocycles. The fourth-order valence-electron chi connectivity index (χ4n) is 3.55. The van der Waals surface area contributed by atoms with Crippen molar-refractivity contribution in [2.45, 2.75) is 46.8 Å². The lowest BCUT2D eigenvalue weighted by Gasteiger charge is -2.15. The second-order valence-corrected chi connectivity index (χ2v) is 9.09. The van der Waals surface area contributed by atoms with Crippen LogP contribution in [0.5, 0.6) is 5.75 Å². The van der Waals surface area contributed by atoms with Crippen molar-refractivity contribution in [3.05, 3.63) is 99.6 Å². The Morgan fingerprint density at radius 2 is 1.88 bits per heavy atom. The number of hydrogen-bond donors (Lipinski definition) is 1. The smallest absolute Gasteiger partial charge is 0.292 e. The molecule has 4 rings (SSSR count). The number of hydrogen-bond acceptors (Lipinski definition) is 4. The van der Waals surface area contributed by atoms with Crippen LogP contribution in [-0.4, -0.2) is 15.7 Å². The SMILES string of the molecule is Cc1ccc(Cn2ccc(NC(=O)c3ccc(COc4cc(C)c(Cl)cc4C(C)C)o3)n2)cc1. The molecule has 0 spiro atoms. The van der Waals surface area contributed by atoms with Crippen LogP contribution in [0.25, 0.3) is 0 Å². The Hall–Kier alpha value is -3.51. The van der Waals surface area contributed by atoms with Crippen LogP contribution in [0, 0.1) is 13.8 Å². The first-order valence-corrected chi connectivity index (χ1v) is 11.6. The number of nitrogens with zero attached hydrogens (tertiary/aromatic N) is 2. The van der Waals surface area contributed by atoms with Gasteiger partial charge in [-0.25, -0.2) is 0 Å². The van der Waals surface area contributed by atoms with Crippen molar-refractivity contribution in [1.29, 1.82) is 0 Å². The van der Waals surface area contributed by atoms with Gasteiger partial charge >= 0.3 is 0 Å². The van der Waals surface area contributed by atoms with Gasteiger partial charge in [0.1, 0.15) is 18.1 Å². The predicted octanol–water partition coefficient (Wildman–Crippen LogP) is 6.75. The van der Waals surface area contributed by atoms with Crippen LogP contribution in [0.1, 0.15) is 58.3 Å². The molecule has 0 aliphatic heterocycles. The first-order chi connectivity index (χ1) is 16.3. The van der Waals surface area contributed by atoms with E-state index in [0.29, 0.717) is 23.1 Å². The van der Waals surface area contributed by atoms with Gasteiger partial charge in [0, 0.05) is 17.3 Å². The summed E-state index contributed by atoms with van der Waals surface area (Å²) in [5.74, 6) is 1.87. The number of aromatic nitrogens is 2. The second kappa shape index (κ2) is 10.2. The molecule has 176 valence electrons. The molecular formula is C27H28ClN3O3. The number of carbonyl (C=O) groups excluding carboxylic acids is 1. The molecular weight excluding hydrogens is 450 g/mol. The average Bonchev–Trinajstić information content (AvgIpc) is 3.45. The van der Waals surface area contributed by atoms with E-state index in [9.17, 15) is 4.79 Å². The van der Waals surface area contributed by atoms with Crippen LogP contribution in [0.15, 0.2) is 65.2 Å². The van der Waals surface area contributed by atoms with E-state index < -0.39 is 0 Å². The van der Waals surface area contributed by atoms with E-state index >= 15 is 0 Å². The first-order valence-electron chi connectivity index (χ1n) is 11.2. The number of aryl methyl sites for hydroxylation is 2. The molecule has 4 aromatic rings. The quantitative estimate of drug-likeness (QED) is 0.304. The van der Waals surface area contributed by atoms with Crippen LogP contribution < -0.4 is 10.1 Å². The molecule has 1 N–H and O–H groups in total. The Labute approximate surface area is 204 Å². The van der Waals surface area contributed by atoms with Gasteiger partial charge in [0.15, 0.2) is 11.6 Å². The zero-order valence-electron chi connectivity index (χ0n) is 19.8. The number of halogens is 1. The van der Waals surface area contributed by atoms with Crippen molar-refractivity contribution < 1.29 is 13.9 Å². The number of carbonyl (C=O) groups is 1. The maximum Gasteiger partial charge on any atom is 0.292 e. The first kappa shape index (κ1) is 23.6. The van der Waals surface area contributed by atoms with Gasteiger partial charge in [0.2, 0.25) is 0 Å². The third kappa shape index (κ3) is 5.69. The molecule has 0 fully saturated rings. The molecule has 0 aliphatic rings. The summed E-state index contributed by atoms with van der Waals surface area (Å²) in [6.07, 6.45) is 1.83. The molecule has 0 bridgehead atoms. The van der Waals surface area contributed by atoms with Gasteiger partial charge in [-0.1, -0.05) is 55.3 Å². The molecule has 1 amide bonds. The third-order valence-electron chi connectivity index (χ3n) is 5.52. The maximum atomic E-state index is 12.6. The highest BCUT2D eigenvalue weighted by molar-refractivity contribution is 6.31. The van der Waals surface area contributed by atoms with Crippen molar-refractivity contribution in [2.75, 3.05) is 5.32 Å². The molecule has 0 radical (unpaired) electrons. The summed E-state index contributed by atoms with van der Waals surface area (Å²) in [6, 6.07) is 17.3. The van der Waals surface area contributed by atoms with Gasteiger partial charge in [-0.15, -0.1) is 0 Å². The summed E-state index contributed by atoms with van der Waals surface area (Å²) >= 11 is 6.27. The van der Waals surface area contributed by atoms with Crippen molar-refractivity contribution in [1.82, 2.24) is 9.78 Å². The van der Waals surface area contributed by atoms with Gasteiger partial charge in [-0.05, 0) is 60.7 Å². The van der Waals surface area contributed by atoms with Gasteiger partial charge in [0.05, 0.1) is 6.54 Å². The van der Waals surface area contributed by atoms with Gasteiger partial charge in [-0.3, -0.25) is 9.48 Å². The molecule has 6 nitrogen and oxygen atoms in total. The van der Waals surface area contributed by atoms with Crippen LogP contribution in [0.3, 0.4) is 0 Å². The van der Waals surface area contributed by atoms with Gasteiger partial charge in [0.25, 0.3) is 5.91 Å². The van der Waals surface area contributed by atoms with Crippen molar-refractivity contribution in [3.8, 4) is 5.75 Å². The zero-order chi connectivity index (χ0) is 24.2. The number of furan rings is 1. The van der Waals surface area contributed by atoms with E-state index in [-0.39, 0.29) is 24.2 Å². The van der Waals surface area contributed by atoms with Crippen molar-refractivity contribution in [2.24, 2.45) is 0 Å². The second-order valence-electron chi connectivity index (χ2n) is 8.69. The number of ether oxygens (including phenoxy) is 1. The maximum absolute atomic E-state index is 12.6. The lowest BCUT2D eigenvalue weighted by atomic mass is 10.0. The highest BCUT2D eigenvalue weighted by atomic mass is 35.5. The van der Waals surface area contributed by atoms with E-state index in [0.717, 1.165) is 22.4 Å². The van der Waals surface area contributed by atoms with Crippen LogP contribution in [0.2, 0.25) is 5.02 Å². The van der Waals surface area contributed by atoms with E-state index in [1.54, 1.807) is 22.9 Å². The minimum Gasteiger partial charge on any atom is -0.485 e. The van der Waals surface area contributed by atoms with Gasteiger partial charge < -0.3 is 14.5 Å². The number of anilines is 1. The molecule has 0 unspecified atom stereocenters. The Kier molecular flexibility index (Phi) is 7.08. The summed E-state index contributed by atoms with van der Waals surface area (Å²) < 4.78 is 13.5. The zero-order valence-corrected chi connectivity index (χ0v) is 20.5. The van der Waals surface area contributed by atoms with E-state index in [1.807, 2.05) is 25.3 Å². The van der Waals surface area contributed by atoms with E-state index in [1.165, 1.54) is 5.56 Å². The normalized spacial score (nSPS) is 11.1. The number of rotatable bonds is 8. The Morgan fingerprint density at radius 3 is 2.62 bits per heavy atom. The molecule has 0 saturated carbocycles. The van der Waals surface area contributed by atoms with Crippen LogP contribution in [-0.2, 0) is 13.2 Å². The van der Waals surface area contributed by atoms with Crippen molar-refractivity contribution >= 4 is 23.3 Å². The summed E-state index contributed by atoms with van der Waals surface area (Å²) in [6.45, 7) is 9.01. The Morgan fingerprint density at radius 1 is 1.12 bits per heavy atom. The van der Waals surface area contributed by atoms with E-state index in [4.69, 9.17) is 20.8 Å². The molecule has 34 heavy (non-hydrogen) atoms. The number of amides is 1. The number of benzene rings is 2. The van der Waals surface area contributed by atoms with Crippen LogP contribution in [0.4, 0.5) is 5.82 Å². The molecule has 0 saturated heterocycles. The molecule has 0 aliphatic carbocycles. The van der Waals surface area contributed by atoms with Crippen molar-refractivity contribution in [3.63, 3.8) is 0 Å². The van der Waals surface area contributed by atoms with E-state index in [2.05, 4.69) is 55.5 Å². The minimum atomic E-state index is -0.364. The molecule has 2 aromatic heterocycles. The highest BCUT2D eigenvalue weighted by Gasteiger charge is 2.15. The minimum absolute atomic E-state index is 0.197. The standard InChI is InChI=1S/C27H28ClN3O3/c1-17(2)22-14-23(28)19(4)13-25(22)33-16-21-9-10-24(34-21)27(32)29-26-11-12-31(30-26)15-20-7-5-18(3)6-8-20/h5-14,17H,15-16H2,1-4H3,(H,29,30,32). The lowest BCUT2D eigenvalue weighted by Crippen LogP contribution is -2.12. The topological polar surface area (TPSA) is 69.3 Å². The monoisotopic (exact) mass is 477 g/mol. The summed E-state index contributed by atoms with van der Waals surface area (Å²) in [5, 5.41) is 7.92. The largest absolute Gasteiger partial charge is 0.485 e. The third-order valence-corrected chi connectivity index (χ3v) is 5.92. The number of nitrogens with one attached hydrogen (secondary N) is 1. The summed E-state index contributed by atoms with van der Waals surface area (Å²) in [4.78, 5) is 12.6. The fraction of sp³-hybridized carbons (Fsp3) is 0.259. The summed E-state index contributed by atoms with van der Waals surface area (Å²) in [7, 11) is 0. The Balaban J connectivity index is 1.36.